The van der Waals surface area contributed by atoms with Crippen LogP contribution in [0.3, 0.4) is 0 Å². The molecular formula is C20H21FN6O. The maximum atomic E-state index is 12.9. The number of hydrogen-bond acceptors (Lipinski definition) is 4. The summed E-state index contributed by atoms with van der Waals surface area (Å²) in [6, 6.07) is 11.9. The predicted octanol–water partition coefficient (Wildman–Crippen LogP) is 2.64. The Balaban J connectivity index is 1.29. The summed E-state index contributed by atoms with van der Waals surface area (Å²) in [7, 11) is 0. The van der Waals surface area contributed by atoms with E-state index in [1.54, 1.807) is 29.4 Å². The van der Waals surface area contributed by atoms with Crippen LogP contribution in [0.4, 0.5) is 15.0 Å². The number of urea groups is 1. The first-order chi connectivity index (χ1) is 13.7. The number of piperazine rings is 1. The molecule has 2 aromatic heterocycles. The van der Waals surface area contributed by atoms with Gasteiger partial charge >= 0.3 is 6.03 Å². The minimum Gasteiger partial charge on any atom is -0.352 e. The fraction of sp³-hybridized carbons (Fsp3) is 0.250. The van der Waals surface area contributed by atoms with Crippen molar-refractivity contribution in [2.45, 2.75) is 6.54 Å². The molecule has 2 N–H and O–H groups in total. The van der Waals surface area contributed by atoms with E-state index in [0.717, 1.165) is 22.6 Å². The molecule has 28 heavy (non-hydrogen) atoms. The van der Waals surface area contributed by atoms with E-state index in [2.05, 4.69) is 25.4 Å². The summed E-state index contributed by atoms with van der Waals surface area (Å²) in [5, 5.41) is 10.3. The normalized spacial score (nSPS) is 14.2. The molecule has 7 nitrogen and oxygen atoms in total. The fourth-order valence-electron chi connectivity index (χ4n) is 3.17. The molecule has 8 heteroatoms. The Morgan fingerprint density at radius 1 is 1.14 bits per heavy atom. The number of anilines is 1. The van der Waals surface area contributed by atoms with Crippen molar-refractivity contribution in [3.05, 3.63) is 66.2 Å². The molecular weight excluding hydrogens is 359 g/mol. The molecule has 1 aliphatic heterocycles. The number of pyridine rings is 1. The molecule has 3 heterocycles. The number of benzene rings is 1. The van der Waals surface area contributed by atoms with Gasteiger partial charge in [-0.15, -0.1) is 0 Å². The van der Waals surface area contributed by atoms with E-state index in [0.29, 0.717) is 32.7 Å². The third-order valence-electron chi connectivity index (χ3n) is 4.78. The molecule has 0 bridgehead atoms. The first-order valence-corrected chi connectivity index (χ1v) is 9.17. The summed E-state index contributed by atoms with van der Waals surface area (Å²) in [4.78, 5) is 20.4. The minimum absolute atomic E-state index is 0.109. The van der Waals surface area contributed by atoms with Crippen LogP contribution in [0, 0.1) is 5.82 Å². The van der Waals surface area contributed by atoms with Gasteiger partial charge < -0.3 is 15.1 Å². The summed E-state index contributed by atoms with van der Waals surface area (Å²) in [5.74, 6) is 0.585. The number of aromatic nitrogens is 3. The van der Waals surface area contributed by atoms with Crippen LogP contribution in [-0.2, 0) is 6.54 Å². The molecule has 1 aromatic carbocycles. The van der Waals surface area contributed by atoms with Crippen molar-refractivity contribution in [3.8, 4) is 11.3 Å². The summed E-state index contributed by atoms with van der Waals surface area (Å²) in [6.07, 6.45) is 3.53. The van der Waals surface area contributed by atoms with Gasteiger partial charge in [-0.25, -0.2) is 9.18 Å². The maximum Gasteiger partial charge on any atom is 0.317 e. The fourth-order valence-corrected chi connectivity index (χ4v) is 3.17. The van der Waals surface area contributed by atoms with Gasteiger partial charge in [0.1, 0.15) is 5.82 Å². The molecule has 0 saturated carbocycles. The van der Waals surface area contributed by atoms with Gasteiger partial charge in [0, 0.05) is 56.7 Å². The number of nitrogens with zero attached hydrogens (tertiary/aromatic N) is 4. The van der Waals surface area contributed by atoms with E-state index >= 15 is 0 Å². The molecule has 144 valence electrons. The first kappa shape index (κ1) is 18.0. The van der Waals surface area contributed by atoms with Gasteiger partial charge in [-0.2, -0.15) is 5.10 Å². The SMILES string of the molecule is O=C(NCc1ccc(F)cc1)N1CCN(c2cc(-c3cccnc3)[nH]n2)CC1. The molecule has 0 unspecified atom stereocenters. The Bertz CT molecular complexity index is 919. The Kier molecular flexibility index (Phi) is 5.18. The topological polar surface area (TPSA) is 77.2 Å². The number of rotatable bonds is 4. The van der Waals surface area contributed by atoms with E-state index in [1.165, 1.54) is 12.1 Å². The third kappa shape index (κ3) is 4.11. The lowest BCUT2D eigenvalue weighted by Gasteiger charge is -2.34. The van der Waals surface area contributed by atoms with Gasteiger partial charge in [0.15, 0.2) is 5.82 Å². The van der Waals surface area contributed by atoms with E-state index in [1.807, 2.05) is 18.2 Å². The number of nitrogens with one attached hydrogen (secondary N) is 2. The lowest BCUT2D eigenvalue weighted by Crippen LogP contribution is -2.51. The molecule has 1 saturated heterocycles. The zero-order chi connectivity index (χ0) is 19.3. The van der Waals surface area contributed by atoms with Crippen molar-refractivity contribution in [1.82, 2.24) is 25.4 Å². The summed E-state index contributed by atoms with van der Waals surface area (Å²) < 4.78 is 12.9. The molecule has 4 rings (SSSR count). The average Bonchev–Trinajstić information content (AvgIpc) is 3.24. The van der Waals surface area contributed by atoms with Crippen LogP contribution in [-0.4, -0.2) is 52.3 Å². The number of amides is 2. The zero-order valence-corrected chi connectivity index (χ0v) is 15.3. The Hall–Kier alpha value is -3.42. The average molecular weight is 380 g/mol. The Morgan fingerprint density at radius 3 is 2.64 bits per heavy atom. The molecule has 2 amide bonds. The molecule has 0 aliphatic carbocycles. The Labute approximate surface area is 162 Å². The highest BCUT2D eigenvalue weighted by molar-refractivity contribution is 5.74. The van der Waals surface area contributed by atoms with Crippen molar-refractivity contribution in [3.63, 3.8) is 0 Å². The van der Waals surface area contributed by atoms with E-state index in [9.17, 15) is 9.18 Å². The second-order valence-electron chi connectivity index (χ2n) is 6.64. The number of H-pyrrole nitrogens is 1. The summed E-state index contributed by atoms with van der Waals surface area (Å²) >= 11 is 0. The molecule has 0 atom stereocenters. The van der Waals surface area contributed by atoms with Crippen LogP contribution in [0.25, 0.3) is 11.3 Å². The largest absolute Gasteiger partial charge is 0.352 e. The highest BCUT2D eigenvalue weighted by Gasteiger charge is 2.22. The standard InChI is InChI=1S/C20H21FN6O/c21-17-5-3-15(4-6-17)13-23-20(28)27-10-8-26(9-11-27)19-12-18(24-25-19)16-2-1-7-22-14-16/h1-7,12,14H,8-11,13H2,(H,23,28)(H,24,25). The molecule has 3 aromatic rings. The highest BCUT2D eigenvalue weighted by atomic mass is 19.1. The predicted molar refractivity (Wildman–Crippen MR) is 104 cm³/mol. The third-order valence-corrected chi connectivity index (χ3v) is 4.78. The molecule has 1 fully saturated rings. The van der Waals surface area contributed by atoms with Gasteiger partial charge in [-0.05, 0) is 29.8 Å². The van der Waals surface area contributed by atoms with Gasteiger partial charge in [-0.3, -0.25) is 10.1 Å². The number of carbonyl (C=O) groups is 1. The minimum atomic E-state index is -0.281. The monoisotopic (exact) mass is 380 g/mol. The lowest BCUT2D eigenvalue weighted by molar-refractivity contribution is 0.194. The number of carbonyl (C=O) groups excluding carboxylic acids is 1. The van der Waals surface area contributed by atoms with E-state index in [-0.39, 0.29) is 11.8 Å². The smallest absolute Gasteiger partial charge is 0.317 e. The van der Waals surface area contributed by atoms with Crippen LogP contribution in [0.15, 0.2) is 54.9 Å². The number of hydrogen-bond donors (Lipinski definition) is 2. The van der Waals surface area contributed by atoms with Crippen LogP contribution >= 0.6 is 0 Å². The van der Waals surface area contributed by atoms with Gasteiger partial charge in [0.05, 0.1) is 5.69 Å². The highest BCUT2D eigenvalue weighted by Crippen LogP contribution is 2.21. The van der Waals surface area contributed by atoms with Crippen molar-refractivity contribution in [2.24, 2.45) is 0 Å². The van der Waals surface area contributed by atoms with Crippen molar-refractivity contribution in [1.29, 1.82) is 0 Å². The van der Waals surface area contributed by atoms with Crippen LogP contribution < -0.4 is 10.2 Å². The van der Waals surface area contributed by atoms with Crippen molar-refractivity contribution < 1.29 is 9.18 Å². The van der Waals surface area contributed by atoms with Crippen molar-refractivity contribution in [2.75, 3.05) is 31.1 Å². The summed E-state index contributed by atoms with van der Waals surface area (Å²) in [5.41, 5.74) is 2.77. The lowest BCUT2D eigenvalue weighted by atomic mass is 10.2. The summed E-state index contributed by atoms with van der Waals surface area (Å²) in [6.45, 7) is 3.03. The molecule has 1 aliphatic rings. The first-order valence-electron chi connectivity index (χ1n) is 9.17. The van der Waals surface area contributed by atoms with Gasteiger partial charge in [-0.1, -0.05) is 12.1 Å². The van der Waals surface area contributed by atoms with Crippen LogP contribution in [0.1, 0.15) is 5.56 Å². The van der Waals surface area contributed by atoms with Gasteiger partial charge in [0.25, 0.3) is 0 Å². The molecule has 0 radical (unpaired) electrons. The zero-order valence-electron chi connectivity index (χ0n) is 15.3. The number of halogens is 1. The second-order valence-corrected chi connectivity index (χ2v) is 6.64. The maximum absolute atomic E-state index is 12.9. The van der Waals surface area contributed by atoms with Crippen LogP contribution in [0.2, 0.25) is 0 Å². The van der Waals surface area contributed by atoms with Crippen molar-refractivity contribution >= 4 is 11.8 Å². The van der Waals surface area contributed by atoms with Gasteiger partial charge in [0.2, 0.25) is 0 Å². The van der Waals surface area contributed by atoms with E-state index < -0.39 is 0 Å². The number of aromatic amines is 1. The quantitative estimate of drug-likeness (QED) is 0.730. The van der Waals surface area contributed by atoms with E-state index in [4.69, 9.17) is 0 Å². The molecule has 0 spiro atoms. The second kappa shape index (κ2) is 8.08. The Morgan fingerprint density at radius 2 is 1.93 bits per heavy atom. The van der Waals surface area contributed by atoms with Crippen LogP contribution in [0.5, 0.6) is 0 Å².